The van der Waals surface area contributed by atoms with Gasteiger partial charge in [0.25, 0.3) is 0 Å². The van der Waals surface area contributed by atoms with Gasteiger partial charge in [-0.25, -0.2) is 0 Å². The molecule has 4 heteroatoms. The fourth-order valence-electron chi connectivity index (χ4n) is 1.87. The first kappa shape index (κ1) is 13.6. The van der Waals surface area contributed by atoms with Crippen molar-refractivity contribution in [1.29, 1.82) is 0 Å². The third kappa shape index (κ3) is 3.33. The van der Waals surface area contributed by atoms with E-state index in [0.717, 1.165) is 21.5 Å². The summed E-state index contributed by atoms with van der Waals surface area (Å²) in [5, 5.41) is 0.734. The number of hydrazine groups is 1. The average Bonchev–Trinajstić information content (AvgIpc) is 2.39. The monoisotopic (exact) mass is 324 g/mol. The topological polar surface area (TPSA) is 38.0 Å². The van der Waals surface area contributed by atoms with Crippen LogP contribution in [0.1, 0.15) is 17.2 Å². The maximum Gasteiger partial charge on any atom is 0.0515 e. The smallest absolute Gasteiger partial charge is 0.0515 e. The molecule has 0 aliphatic rings. The van der Waals surface area contributed by atoms with Gasteiger partial charge < -0.3 is 0 Å². The Balaban J connectivity index is 2.20. The lowest BCUT2D eigenvalue weighted by atomic mass is 9.99. The Morgan fingerprint density at radius 2 is 1.78 bits per heavy atom. The van der Waals surface area contributed by atoms with Gasteiger partial charge in [0.05, 0.1) is 6.04 Å². The fraction of sp³-hybridized carbons (Fsp3) is 0.143. The molecule has 1 atom stereocenters. The van der Waals surface area contributed by atoms with E-state index in [-0.39, 0.29) is 6.04 Å². The molecule has 2 aromatic carbocycles. The van der Waals surface area contributed by atoms with E-state index in [1.165, 1.54) is 5.56 Å². The van der Waals surface area contributed by atoms with Crippen molar-refractivity contribution in [1.82, 2.24) is 5.43 Å². The first-order valence-electron chi connectivity index (χ1n) is 5.65. The first-order chi connectivity index (χ1) is 8.70. The van der Waals surface area contributed by atoms with Crippen LogP contribution in [0.25, 0.3) is 0 Å². The Hall–Kier alpha value is -0.870. The zero-order valence-electron chi connectivity index (χ0n) is 9.74. The Bertz CT molecular complexity index is 513. The molecule has 0 aliphatic heterocycles. The number of nitrogens with two attached hydrogens (primary N) is 1. The van der Waals surface area contributed by atoms with Crippen LogP contribution in [0, 0.1) is 0 Å². The van der Waals surface area contributed by atoms with E-state index in [2.05, 4.69) is 33.5 Å². The Labute approximate surface area is 120 Å². The van der Waals surface area contributed by atoms with E-state index in [1.807, 2.05) is 36.4 Å². The van der Waals surface area contributed by atoms with Gasteiger partial charge in [0.15, 0.2) is 0 Å². The van der Waals surface area contributed by atoms with Crippen LogP contribution in [0.3, 0.4) is 0 Å². The van der Waals surface area contributed by atoms with Gasteiger partial charge in [0.1, 0.15) is 0 Å². The largest absolute Gasteiger partial charge is 0.271 e. The van der Waals surface area contributed by atoms with Crippen LogP contribution >= 0.6 is 27.5 Å². The summed E-state index contributed by atoms with van der Waals surface area (Å²) >= 11 is 9.61. The Kier molecular flexibility index (Phi) is 4.78. The molecule has 0 bridgehead atoms. The van der Waals surface area contributed by atoms with Gasteiger partial charge in [0, 0.05) is 9.50 Å². The van der Waals surface area contributed by atoms with Crippen molar-refractivity contribution in [2.24, 2.45) is 5.84 Å². The standard InChI is InChI=1S/C14H14BrClN2/c15-11-7-5-10(6-8-11)9-14(18-17)12-3-1-2-4-13(12)16/h1-8,14,18H,9,17H2. The van der Waals surface area contributed by atoms with Crippen molar-refractivity contribution >= 4 is 27.5 Å². The van der Waals surface area contributed by atoms with Crippen LogP contribution < -0.4 is 11.3 Å². The van der Waals surface area contributed by atoms with Crippen molar-refractivity contribution in [2.75, 3.05) is 0 Å². The van der Waals surface area contributed by atoms with Crippen molar-refractivity contribution in [3.8, 4) is 0 Å². The molecule has 2 rings (SSSR count). The normalized spacial score (nSPS) is 12.4. The minimum absolute atomic E-state index is 0.0138. The first-order valence-corrected chi connectivity index (χ1v) is 6.83. The van der Waals surface area contributed by atoms with Crippen LogP contribution in [0.15, 0.2) is 53.0 Å². The van der Waals surface area contributed by atoms with E-state index in [4.69, 9.17) is 17.4 Å². The highest BCUT2D eigenvalue weighted by atomic mass is 79.9. The third-order valence-corrected chi connectivity index (χ3v) is 3.71. The molecule has 18 heavy (non-hydrogen) atoms. The summed E-state index contributed by atoms with van der Waals surface area (Å²) in [6, 6.07) is 16.0. The van der Waals surface area contributed by atoms with Crippen molar-refractivity contribution in [2.45, 2.75) is 12.5 Å². The number of nitrogens with one attached hydrogen (secondary N) is 1. The molecular weight excluding hydrogens is 312 g/mol. The van der Waals surface area contributed by atoms with Gasteiger partial charge in [0.2, 0.25) is 0 Å². The van der Waals surface area contributed by atoms with Crippen LogP contribution in [-0.4, -0.2) is 0 Å². The van der Waals surface area contributed by atoms with E-state index >= 15 is 0 Å². The van der Waals surface area contributed by atoms with Gasteiger partial charge >= 0.3 is 0 Å². The summed E-state index contributed by atoms with van der Waals surface area (Å²) in [6.07, 6.45) is 0.799. The van der Waals surface area contributed by atoms with Gasteiger partial charge in [-0.2, -0.15) is 0 Å². The molecule has 0 aromatic heterocycles. The van der Waals surface area contributed by atoms with E-state index in [0.29, 0.717) is 0 Å². The summed E-state index contributed by atoms with van der Waals surface area (Å²) in [5.41, 5.74) is 5.05. The summed E-state index contributed by atoms with van der Waals surface area (Å²) in [6.45, 7) is 0. The second-order valence-corrected chi connectivity index (χ2v) is 5.39. The number of rotatable bonds is 4. The molecule has 0 aliphatic carbocycles. The minimum atomic E-state index is 0.0138. The minimum Gasteiger partial charge on any atom is -0.271 e. The molecule has 1 unspecified atom stereocenters. The summed E-state index contributed by atoms with van der Waals surface area (Å²) < 4.78 is 1.07. The lowest BCUT2D eigenvalue weighted by molar-refractivity contribution is 0.552. The van der Waals surface area contributed by atoms with Crippen molar-refractivity contribution in [3.63, 3.8) is 0 Å². The second kappa shape index (κ2) is 6.34. The zero-order valence-corrected chi connectivity index (χ0v) is 12.1. The van der Waals surface area contributed by atoms with Crippen molar-refractivity contribution in [3.05, 3.63) is 69.2 Å². The zero-order chi connectivity index (χ0) is 13.0. The van der Waals surface area contributed by atoms with E-state index in [9.17, 15) is 0 Å². The predicted octanol–water partition coefficient (Wildman–Crippen LogP) is 3.85. The number of halogens is 2. The van der Waals surface area contributed by atoms with E-state index < -0.39 is 0 Å². The highest BCUT2D eigenvalue weighted by Crippen LogP contribution is 2.25. The van der Waals surface area contributed by atoms with Gasteiger partial charge in [-0.3, -0.25) is 11.3 Å². The van der Waals surface area contributed by atoms with Crippen LogP contribution in [-0.2, 0) is 6.42 Å². The van der Waals surface area contributed by atoms with Crippen LogP contribution in [0.4, 0.5) is 0 Å². The molecule has 0 spiro atoms. The maximum absolute atomic E-state index is 6.19. The molecule has 0 saturated carbocycles. The van der Waals surface area contributed by atoms with Gasteiger partial charge in [-0.05, 0) is 35.7 Å². The summed E-state index contributed by atoms with van der Waals surface area (Å²) in [7, 11) is 0. The highest BCUT2D eigenvalue weighted by molar-refractivity contribution is 9.10. The molecule has 0 amide bonds. The molecular formula is C14H14BrClN2. The molecule has 0 saturated heterocycles. The summed E-state index contributed by atoms with van der Waals surface area (Å²) in [5.74, 6) is 5.63. The molecule has 2 aromatic rings. The molecule has 2 nitrogen and oxygen atoms in total. The highest BCUT2D eigenvalue weighted by Gasteiger charge is 2.13. The third-order valence-electron chi connectivity index (χ3n) is 2.83. The molecule has 94 valence electrons. The fourth-order valence-corrected chi connectivity index (χ4v) is 2.40. The van der Waals surface area contributed by atoms with Crippen LogP contribution in [0.5, 0.6) is 0 Å². The quantitative estimate of drug-likeness (QED) is 0.662. The number of benzene rings is 2. The Morgan fingerprint density at radius 3 is 2.39 bits per heavy atom. The summed E-state index contributed by atoms with van der Waals surface area (Å²) in [4.78, 5) is 0. The number of hydrogen-bond donors (Lipinski definition) is 2. The lowest BCUT2D eigenvalue weighted by Crippen LogP contribution is -2.29. The van der Waals surface area contributed by atoms with Crippen LogP contribution in [0.2, 0.25) is 5.02 Å². The predicted molar refractivity (Wildman–Crippen MR) is 79.4 cm³/mol. The van der Waals surface area contributed by atoms with Crippen molar-refractivity contribution < 1.29 is 0 Å². The van der Waals surface area contributed by atoms with E-state index in [1.54, 1.807) is 0 Å². The molecule has 3 N–H and O–H groups in total. The SMILES string of the molecule is NNC(Cc1ccc(Br)cc1)c1ccccc1Cl. The number of hydrogen-bond acceptors (Lipinski definition) is 2. The molecule has 0 radical (unpaired) electrons. The molecule has 0 fully saturated rings. The van der Waals surface area contributed by atoms with Gasteiger partial charge in [-0.15, -0.1) is 0 Å². The maximum atomic E-state index is 6.19. The molecule has 0 heterocycles. The average molecular weight is 326 g/mol. The van der Waals surface area contributed by atoms with Gasteiger partial charge in [-0.1, -0.05) is 57.9 Å². The Morgan fingerprint density at radius 1 is 1.11 bits per heavy atom. The second-order valence-electron chi connectivity index (χ2n) is 4.07. The lowest BCUT2D eigenvalue weighted by Gasteiger charge is -2.17.